The van der Waals surface area contributed by atoms with Crippen molar-refractivity contribution in [1.29, 1.82) is 0 Å². The largest absolute Gasteiger partial charge is 0.370 e. The maximum atomic E-state index is 6.07. The lowest BCUT2D eigenvalue weighted by molar-refractivity contribution is -0.00834. The van der Waals surface area contributed by atoms with E-state index in [1.165, 1.54) is 16.7 Å². The highest BCUT2D eigenvalue weighted by molar-refractivity contribution is 5.80. The van der Waals surface area contributed by atoms with E-state index in [-0.39, 0.29) is 6.10 Å². The van der Waals surface area contributed by atoms with Crippen molar-refractivity contribution in [2.75, 3.05) is 26.2 Å². The van der Waals surface area contributed by atoms with Crippen molar-refractivity contribution in [3.63, 3.8) is 0 Å². The molecule has 5 nitrogen and oxygen atoms in total. The molecule has 1 unspecified atom stereocenters. The molecular formula is C21H28N4O. The molecule has 0 radical (unpaired) electrons. The van der Waals surface area contributed by atoms with Crippen molar-refractivity contribution in [3.05, 3.63) is 65.0 Å². The minimum Gasteiger partial charge on any atom is -0.370 e. The molecule has 2 heterocycles. The summed E-state index contributed by atoms with van der Waals surface area (Å²) in [5.74, 6) is 0.927. The Morgan fingerprint density at radius 2 is 2.19 bits per heavy atom. The number of aromatic nitrogens is 1. The monoisotopic (exact) mass is 352 g/mol. The van der Waals surface area contributed by atoms with Gasteiger partial charge >= 0.3 is 0 Å². The number of pyridine rings is 1. The second-order valence-electron chi connectivity index (χ2n) is 6.66. The zero-order valence-corrected chi connectivity index (χ0v) is 15.9. The van der Waals surface area contributed by atoms with Crippen LogP contribution in [0.4, 0.5) is 0 Å². The Labute approximate surface area is 156 Å². The lowest BCUT2D eigenvalue weighted by Gasteiger charge is -2.36. The van der Waals surface area contributed by atoms with Gasteiger partial charge in [-0.05, 0) is 44.0 Å². The number of nitrogens with one attached hydrogen (secondary N) is 1. The van der Waals surface area contributed by atoms with Gasteiger partial charge in [0.1, 0.15) is 6.10 Å². The zero-order valence-electron chi connectivity index (χ0n) is 15.9. The standard InChI is InChI=1S/C21H28N4O/c1-4-22-21(24-14-18-7-5-6-10-23-18)25-11-12-26-20(15-25)19-9-8-16(2)13-17(19)3/h5-10,13,20H,4,11-12,14-15H2,1-3H3,(H,22,24). The van der Waals surface area contributed by atoms with Gasteiger partial charge in [-0.1, -0.05) is 29.8 Å². The Bertz CT molecular complexity index is 745. The molecule has 0 aliphatic carbocycles. The highest BCUT2D eigenvalue weighted by Crippen LogP contribution is 2.26. The predicted molar refractivity (Wildman–Crippen MR) is 105 cm³/mol. The number of morpholine rings is 1. The number of hydrogen-bond acceptors (Lipinski definition) is 3. The number of ether oxygens (including phenoxy) is 1. The quantitative estimate of drug-likeness (QED) is 0.678. The third kappa shape index (κ3) is 4.61. The number of benzene rings is 1. The molecule has 138 valence electrons. The summed E-state index contributed by atoms with van der Waals surface area (Å²) in [6, 6.07) is 12.5. The third-order valence-electron chi connectivity index (χ3n) is 4.59. The maximum Gasteiger partial charge on any atom is 0.194 e. The van der Waals surface area contributed by atoms with Crippen LogP contribution in [0.15, 0.2) is 47.6 Å². The molecular weight excluding hydrogens is 324 g/mol. The highest BCUT2D eigenvalue weighted by Gasteiger charge is 2.25. The Kier molecular flexibility index (Phi) is 6.23. The number of nitrogens with zero attached hydrogens (tertiary/aromatic N) is 3. The van der Waals surface area contributed by atoms with Gasteiger partial charge in [-0.3, -0.25) is 4.98 Å². The molecule has 2 aromatic rings. The van der Waals surface area contributed by atoms with E-state index in [0.29, 0.717) is 13.2 Å². The summed E-state index contributed by atoms with van der Waals surface area (Å²) < 4.78 is 6.07. The molecule has 1 saturated heterocycles. The van der Waals surface area contributed by atoms with Crippen molar-refractivity contribution < 1.29 is 4.74 Å². The maximum absolute atomic E-state index is 6.07. The molecule has 1 aromatic heterocycles. The normalized spacial score (nSPS) is 18.0. The molecule has 0 amide bonds. The van der Waals surface area contributed by atoms with Gasteiger partial charge in [0.25, 0.3) is 0 Å². The summed E-state index contributed by atoms with van der Waals surface area (Å²) in [6.45, 7) is 10.1. The van der Waals surface area contributed by atoms with E-state index >= 15 is 0 Å². The zero-order chi connectivity index (χ0) is 18.4. The first kappa shape index (κ1) is 18.4. The second-order valence-corrected chi connectivity index (χ2v) is 6.66. The molecule has 1 atom stereocenters. The van der Waals surface area contributed by atoms with Gasteiger partial charge in [0.05, 0.1) is 25.4 Å². The van der Waals surface area contributed by atoms with Crippen molar-refractivity contribution in [2.24, 2.45) is 4.99 Å². The Morgan fingerprint density at radius 1 is 1.31 bits per heavy atom. The lowest BCUT2D eigenvalue weighted by atomic mass is 10.00. The lowest BCUT2D eigenvalue weighted by Crippen LogP contribution is -2.48. The fourth-order valence-corrected chi connectivity index (χ4v) is 3.29. The molecule has 0 saturated carbocycles. The van der Waals surface area contributed by atoms with E-state index < -0.39 is 0 Å². The molecule has 1 aromatic carbocycles. The number of hydrogen-bond donors (Lipinski definition) is 1. The van der Waals surface area contributed by atoms with Gasteiger partial charge in [-0.15, -0.1) is 0 Å². The summed E-state index contributed by atoms with van der Waals surface area (Å²) in [5, 5.41) is 3.41. The van der Waals surface area contributed by atoms with Crippen LogP contribution in [-0.4, -0.2) is 42.1 Å². The van der Waals surface area contributed by atoms with Gasteiger partial charge in [0.2, 0.25) is 0 Å². The number of aliphatic imine (C=N–C) groups is 1. The summed E-state index contributed by atoms with van der Waals surface area (Å²) in [7, 11) is 0. The average Bonchev–Trinajstić information content (AvgIpc) is 2.66. The summed E-state index contributed by atoms with van der Waals surface area (Å²) in [4.78, 5) is 11.4. The molecule has 1 fully saturated rings. The smallest absolute Gasteiger partial charge is 0.194 e. The van der Waals surface area contributed by atoms with Crippen LogP contribution in [0.2, 0.25) is 0 Å². The fourth-order valence-electron chi connectivity index (χ4n) is 3.29. The minimum atomic E-state index is 0.0723. The van der Waals surface area contributed by atoms with Crippen LogP contribution in [0.5, 0.6) is 0 Å². The SMILES string of the molecule is CCNC(=NCc1ccccn1)N1CCOC(c2ccc(C)cc2C)C1. The van der Waals surface area contributed by atoms with E-state index in [0.717, 1.165) is 31.3 Å². The van der Waals surface area contributed by atoms with Gasteiger partial charge in [-0.25, -0.2) is 4.99 Å². The van der Waals surface area contributed by atoms with Crippen molar-refractivity contribution in [2.45, 2.75) is 33.4 Å². The van der Waals surface area contributed by atoms with E-state index in [1.807, 2.05) is 24.4 Å². The predicted octanol–water partition coefficient (Wildman–Crippen LogP) is 3.24. The Hall–Kier alpha value is -2.40. The number of rotatable bonds is 4. The van der Waals surface area contributed by atoms with Crippen LogP contribution >= 0.6 is 0 Å². The van der Waals surface area contributed by atoms with E-state index in [4.69, 9.17) is 9.73 Å². The Morgan fingerprint density at radius 3 is 2.92 bits per heavy atom. The van der Waals surface area contributed by atoms with E-state index in [1.54, 1.807) is 0 Å². The van der Waals surface area contributed by atoms with Gasteiger partial charge in [0.15, 0.2) is 5.96 Å². The third-order valence-corrected chi connectivity index (χ3v) is 4.59. The summed E-state index contributed by atoms with van der Waals surface area (Å²) >= 11 is 0. The van der Waals surface area contributed by atoms with E-state index in [2.05, 4.69) is 54.2 Å². The fraction of sp³-hybridized carbons (Fsp3) is 0.429. The molecule has 1 aliphatic rings. The van der Waals surface area contributed by atoms with Gasteiger partial charge in [0, 0.05) is 19.3 Å². The second kappa shape index (κ2) is 8.81. The number of guanidine groups is 1. The molecule has 26 heavy (non-hydrogen) atoms. The van der Waals surface area contributed by atoms with E-state index in [9.17, 15) is 0 Å². The molecule has 0 spiro atoms. The van der Waals surface area contributed by atoms with Crippen molar-refractivity contribution >= 4 is 5.96 Å². The van der Waals surface area contributed by atoms with Gasteiger partial charge in [-0.2, -0.15) is 0 Å². The van der Waals surface area contributed by atoms with Crippen LogP contribution in [0, 0.1) is 13.8 Å². The molecule has 5 heteroatoms. The Balaban J connectivity index is 1.74. The van der Waals surface area contributed by atoms with Crippen molar-refractivity contribution in [3.8, 4) is 0 Å². The van der Waals surface area contributed by atoms with Crippen molar-refractivity contribution in [1.82, 2.24) is 15.2 Å². The molecule has 1 aliphatic heterocycles. The van der Waals surface area contributed by atoms with Crippen LogP contribution in [0.1, 0.15) is 35.4 Å². The van der Waals surface area contributed by atoms with Gasteiger partial charge < -0.3 is 15.0 Å². The summed E-state index contributed by atoms with van der Waals surface area (Å²) in [5.41, 5.74) is 4.81. The molecule has 0 bridgehead atoms. The van der Waals surface area contributed by atoms with Crippen LogP contribution < -0.4 is 5.32 Å². The van der Waals surface area contributed by atoms with Crippen LogP contribution in [-0.2, 0) is 11.3 Å². The average molecular weight is 352 g/mol. The van der Waals surface area contributed by atoms with Crippen LogP contribution in [0.3, 0.4) is 0 Å². The minimum absolute atomic E-state index is 0.0723. The first-order valence-electron chi connectivity index (χ1n) is 9.29. The summed E-state index contributed by atoms with van der Waals surface area (Å²) in [6.07, 6.45) is 1.88. The highest BCUT2D eigenvalue weighted by atomic mass is 16.5. The molecule has 3 rings (SSSR count). The first-order chi connectivity index (χ1) is 12.7. The topological polar surface area (TPSA) is 49.8 Å². The first-order valence-corrected chi connectivity index (χ1v) is 9.29. The number of aryl methyl sites for hydroxylation is 2. The van der Waals surface area contributed by atoms with Crippen LogP contribution in [0.25, 0.3) is 0 Å². The molecule has 1 N–H and O–H groups in total.